The Hall–Kier alpha value is -2.22. The van der Waals surface area contributed by atoms with Crippen LogP contribution in [0.4, 0.5) is 0 Å². The van der Waals surface area contributed by atoms with Gasteiger partial charge in [0.2, 0.25) is 0 Å². The zero-order valence-electron chi connectivity index (χ0n) is 19.5. The number of hydrogen-bond donors (Lipinski definition) is 1. The van der Waals surface area contributed by atoms with Gasteiger partial charge in [-0.1, -0.05) is 19.3 Å². The number of aromatic nitrogens is 2. The lowest BCUT2D eigenvalue weighted by atomic mass is 9.89. The predicted molar refractivity (Wildman–Crippen MR) is 135 cm³/mol. The Balaban J connectivity index is 1.25. The first-order chi connectivity index (χ1) is 16.2. The van der Waals surface area contributed by atoms with E-state index in [1.807, 2.05) is 30.3 Å². The molecular formula is C26H34N4O2S. The average molecular weight is 467 g/mol. The van der Waals surface area contributed by atoms with Gasteiger partial charge in [0.15, 0.2) is 0 Å². The molecule has 33 heavy (non-hydrogen) atoms. The summed E-state index contributed by atoms with van der Waals surface area (Å²) in [5.41, 5.74) is 1.83. The first-order valence-corrected chi connectivity index (χ1v) is 13.1. The monoisotopic (exact) mass is 466 g/mol. The molecule has 176 valence electrons. The molecule has 2 fully saturated rings. The number of ether oxygens (including phenoxy) is 1. The molecule has 1 aliphatic heterocycles. The number of benzene rings is 1. The molecule has 1 aromatic carbocycles. The van der Waals surface area contributed by atoms with Gasteiger partial charge in [-0.3, -0.25) is 9.69 Å². The fraction of sp³-hybridized carbons (Fsp3) is 0.538. The van der Waals surface area contributed by atoms with Gasteiger partial charge in [0.25, 0.3) is 5.56 Å². The molecule has 0 bridgehead atoms. The third kappa shape index (κ3) is 5.48. The first-order valence-electron chi connectivity index (χ1n) is 12.3. The summed E-state index contributed by atoms with van der Waals surface area (Å²) in [7, 11) is 1.66. The zero-order chi connectivity index (χ0) is 22.6. The quantitative estimate of drug-likeness (QED) is 0.568. The molecule has 2 aromatic heterocycles. The molecular weight excluding hydrogens is 432 g/mol. The summed E-state index contributed by atoms with van der Waals surface area (Å²) >= 11 is 1.50. The highest BCUT2D eigenvalue weighted by molar-refractivity contribution is 7.22. The minimum atomic E-state index is -0.0338. The minimum absolute atomic E-state index is 0.0338. The smallest absolute Gasteiger partial charge is 0.268 e. The van der Waals surface area contributed by atoms with Crippen LogP contribution in [0.25, 0.3) is 20.7 Å². The van der Waals surface area contributed by atoms with Crippen molar-refractivity contribution in [3.63, 3.8) is 0 Å². The molecule has 0 unspecified atom stereocenters. The van der Waals surface area contributed by atoms with Gasteiger partial charge in [0.05, 0.1) is 19.2 Å². The molecule has 1 saturated carbocycles. The van der Waals surface area contributed by atoms with Crippen LogP contribution >= 0.6 is 11.3 Å². The van der Waals surface area contributed by atoms with Crippen molar-refractivity contribution in [1.29, 1.82) is 0 Å². The highest BCUT2D eigenvalue weighted by Gasteiger charge is 2.21. The number of hydrogen-bond acceptors (Lipinski definition) is 6. The van der Waals surface area contributed by atoms with Crippen molar-refractivity contribution in [1.82, 2.24) is 19.8 Å². The van der Waals surface area contributed by atoms with E-state index in [0.717, 1.165) is 53.1 Å². The van der Waals surface area contributed by atoms with Crippen molar-refractivity contribution < 1.29 is 4.74 Å². The van der Waals surface area contributed by atoms with Crippen molar-refractivity contribution >= 4 is 21.6 Å². The van der Waals surface area contributed by atoms with Crippen LogP contribution in [0.3, 0.4) is 0 Å². The highest BCUT2D eigenvalue weighted by Crippen LogP contribution is 2.32. The lowest BCUT2D eigenvalue weighted by Crippen LogP contribution is -2.34. The van der Waals surface area contributed by atoms with E-state index in [-0.39, 0.29) is 5.56 Å². The van der Waals surface area contributed by atoms with Gasteiger partial charge in [-0.2, -0.15) is 0 Å². The predicted octanol–water partition coefficient (Wildman–Crippen LogP) is 4.75. The molecule has 7 heteroatoms. The van der Waals surface area contributed by atoms with Gasteiger partial charge >= 0.3 is 0 Å². The van der Waals surface area contributed by atoms with Crippen LogP contribution in [-0.4, -0.2) is 59.6 Å². The number of thiophene rings is 1. The number of H-pyrrole nitrogens is 1. The Bertz CT molecular complexity index is 1120. The summed E-state index contributed by atoms with van der Waals surface area (Å²) in [5, 5.41) is 0. The SMILES string of the molecule is COc1ccc(-c2cc3nc(CN4CCCN(CC5CCCCC5)CC4)[nH]c(=O)c3s2)cc1. The molecule has 1 aliphatic carbocycles. The zero-order valence-corrected chi connectivity index (χ0v) is 20.3. The van der Waals surface area contributed by atoms with E-state index in [2.05, 4.69) is 14.8 Å². The van der Waals surface area contributed by atoms with E-state index < -0.39 is 0 Å². The van der Waals surface area contributed by atoms with Crippen LogP contribution in [0.1, 0.15) is 44.3 Å². The number of aromatic amines is 1. The third-order valence-corrected chi connectivity index (χ3v) is 8.27. The van der Waals surface area contributed by atoms with Crippen LogP contribution in [0.5, 0.6) is 5.75 Å². The van der Waals surface area contributed by atoms with E-state index in [4.69, 9.17) is 9.72 Å². The molecule has 0 spiro atoms. The van der Waals surface area contributed by atoms with Crippen LogP contribution in [-0.2, 0) is 6.54 Å². The molecule has 0 atom stereocenters. The van der Waals surface area contributed by atoms with E-state index in [1.54, 1.807) is 7.11 Å². The second kappa shape index (κ2) is 10.4. The maximum absolute atomic E-state index is 12.8. The topological polar surface area (TPSA) is 61.5 Å². The van der Waals surface area contributed by atoms with Crippen LogP contribution in [0, 0.1) is 5.92 Å². The Labute approximate surface area is 199 Å². The maximum Gasteiger partial charge on any atom is 0.268 e. The van der Waals surface area contributed by atoms with Crippen LogP contribution in [0.2, 0.25) is 0 Å². The van der Waals surface area contributed by atoms with E-state index >= 15 is 0 Å². The van der Waals surface area contributed by atoms with Crippen LogP contribution in [0.15, 0.2) is 35.1 Å². The normalized spacial score (nSPS) is 19.1. The van der Waals surface area contributed by atoms with Gasteiger partial charge in [-0.15, -0.1) is 11.3 Å². The molecule has 2 aliphatic rings. The minimum Gasteiger partial charge on any atom is -0.497 e. The summed E-state index contributed by atoms with van der Waals surface area (Å²) in [5.74, 6) is 2.49. The van der Waals surface area contributed by atoms with Crippen molar-refractivity contribution in [3.8, 4) is 16.2 Å². The molecule has 5 rings (SSSR count). The molecule has 6 nitrogen and oxygen atoms in total. The van der Waals surface area contributed by atoms with Gasteiger partial charge in [-0.25, -0.2) is 4.98 Å². The van der Waals surface area contributed by atoms with Gasteiger partial charge in [0, 0.05) is 24.5 Å². The highest BCUT2D eigenvalue weighted by atomic mass is 32.1. The van der Waals surface area contributed by atoms with E-state index in [9.17, 15) is 4.79 Å². The summed E-state index contributed by atoms with van der Waals surface area (Å²) < 4.78 is 5.95. The lowest BCUT2D eigenvalue weighted by molar-refractivity contribution is 0.199. The molecule has 1 saturated heterocycles. The van der Waals surface area contributed by atoms with Crippen LogP contribution < -0.4 is 10.3 Å². The van der Waals surface area contributed by atoms with Crippen molar-refractivity contribution in [2.45, 2.75) is 45.1 Å². The Kier molecular flexibility index (Phi) is 7.09. The largest absolute Gasteiger partial charge is 0.497 e. The molecule has 0 radical (unpaired) electrons. The Morgan fingerprint density at radius 2 is 1.79 bits per heavy atom. The first kappa shape index (κ1) is 22.6. The van der Waals surface area contributed by atoms with E-state index in [0.29, 0.717) is 11.2 Å². The maximum atomic E-state index is 12.8. The van der Waals surface area contributed by atoms with Crippen molar-refractivity contribution in [2.24, 2.45) is 5.92 Å². The van der Waals surface area contributed by atoms with Gasteiger partial charge in [-0.05, 0) is 74.2 Å². The summed E-state index contributed by atoms with van der Waals surface area (Å²) in [6, 6.07) is 9.97. The van der Waals surface area contributed by atoms with Crippen molar-refractivity contribution in [3.05, 3.63) is 46.5 Å². The Morgan fingerprint density at radius 1 is 1.03 bits per heavy atom. The average Bonchev–Trinajstić information content (AvgIpc) is 3.16. The second-order valence-corrected chi connectivity index (χ2v) is 10.6. The fourth-order valence-electron chi connectivity index (χ4n) is 5.27. The standard InChI is InChI=1S/C26H34N4O2S/c1-32-21-10-8-20(9-11-21)23-16-22-25(33-23)26(31)28-24(27-22)18-30-13-5-12-29(14-15-30)17-19-6-3-2-4-7-19/h8-11,16,19H,2-7,12-15,17-18H2,1H3,(H,27,28,31). The number of nitrogens with one attached hydrogen (secondary N) is 1. The number of methoxy groups -OCH3 is 1. The molecule has 1 N–H and O–H groups in total. The fourth-order valence-corrected chi connectivity index (χ4v) is 6.27. The Morgan fingerprint density at radius 3 is 2.58 bits per heavy atom. The number of fused-ring (bicyclic) bond motifs is 1. The van der Waals surface area contributed by atoms with Gasteiger partial charge in [0.1, 0.15) is 16.3 Å². The molecule has 3 aromatic rings. The summed E-state index contributed by atoms with van der Waals surface area (Å²) in [6.45, 7) is 6.36. The van der Waals surface area contributed by atoms with E-state index in [1.165, 1.54) is 63.0 Å². The second-order valence-electron chi connectivity index (χ2n) is 9.50. The third-order valence-electron chi connectivity index (χ3n) is 7.10. The van der Waals surface area contributed by atoms with Crippen molar-refractivity contribution in [2.75, 3.05) is 39.8 Å². The molecule has 3 heterocycles. The summed E-state index contributed by atoms with van der Waals surface area (Å²) in [6.07, 6.45) is 8.24. The number of rotatable bonds is 6. The van der Waals surface area contributed by atoms with Gasteiger partial charge < -0.3 is 14.6 Å². The number of nitrogens with zero attached hydrogens (tertiary/aromatic N) is 3. The molecule has 0 amide bonds. The summed E-state index contributed by atoms with van der Waals surface area (Å²) in [4.78, 5) is 26.8. The lowest BCUT2D eigenvalue weighted by Gasteiger charge is -2.28.